The van der Waals surface area contributed by atoms with Gasteiger partial charge in [-0.2, -0.15) is 0 Å². The maximum absolute atomic E-state index is 12.4. The van der Waals surface area contributed by atoms with E-state index in [0.29, 0.717) is 18.2 Å². The first-order valence-electron chi connectivity index (χ1n) is 6.64. The van der Waals surface area contributed by atoms with E-state index in [1.807, 2.05) is 11.9 Å². The highest BCUT2D eigenvalue weighted by Gasteiger charge is 2.22. The minimum Gasteiger partial charge on any atom is -0.339 e. The highest BCUT2D eigenvalue weighted by atomic mass is 16.2. The van der Waals surface area contributed by atoms with Crippen molar-refractivity contribution in [2.75, 3.05) is 7.05 Å². The van der Waals surface area contributed by atoms with Crippen LogP contribution >= 0.6 is 0 Å². The summed E-state index contributed by atoms with van der Waals surface area (Å²) in [6.45, 7) is 0.369. The van der Waals surface area contributed by atoms with Crippen LogP contribution in [-0.2, 0) is 6.54 Å². The zero-order valence-corrected chi connectivity index (χ0v) is 10.9. The van der Waals surface area contributed by atoms with Crippen molar-refractivity contribution in [3.8, 4) is 0 Å². The lowest BCUT2D eigenvalue weighted by molar-refractivity contribution is 0.0696. The Bertz CT molecular complexity index is 413. The van der Waals surface area contributed by atoms with Gasteiger partial charge in [-0.3, -0.25) is 9.78 Å². The zero-order chi connectivity index (χ0) is 13.0. The number of pyridine rings is 1. The van der Waals surface area contributed by atoms with Crippen molar-refractivity contribution in [3.05, 3.63) is 29.6 Å². The van der Waals surface area contributed by atoms with E-state index in [1.165, 1.54) is 19.3 Å². The Morgan fingerprint density at radius 1 is 1.44 bits per heavy atom. The molecule has 0 radical (unpaired) electrons. The molecule has 0 aromatic carbocycles. The zero-order valence-electron chi connectivity index (χ0n) is 10.9. The fourth-order valence-electron chi connectivity index (χ4n) is 2.56. The van der Waals surface area contributed by atoms with Gasteiger partial charge in [0.2, 0.25) is 0 Å². The summed E-state index contributed by atoms with van der Waals surface area (Å²) < 4.78 is 0. The van der Waals surface area contributed by atoms with Gasteiger partial charge in [0.05, 0.1) is 5.69 Å². The van der Waals surface area contributed by atoms with Gasteiger partial charge in [0, 0.05) is 31.4 Å². The van der Waals surface area contributed by atoms with E-state index in [9.17, 15) is 4.79 Å². The van der Waals surface area contributed by atoms with Gasteiger partial charge in [0.25, 0.3) is 5.91 Å². The van der Waals surface area contributed by atoms with Crippen molar-refractivity contribution in [2.24, 2.45) is 5.73 Å². The Hall–Kier alpha value is -1.42. The third-order valence-electron chi connectivity index (χ3n) is 3.72. The van der Waals surface area contributed by atoms with Crippen LogP contribution in [0, 0.1) is 0 Å². The van der Waals surface area contributed by atoms with E-state index in [2.05, 4.69) is 4.98 Å². The molecule has 1 heterocycles. The summed E-state index contributed by atoms with van der Waals surface area (Å²) in [6.07, 6.45) is 7.66. The second-order valence-corrected chi connectivity index (χ2v) is 4.95. The second-order valence-electron chi connectivity index (χ2n) is 4.95. The first-order valence-corrected chi connectivity index (χ1v) is 6.64. The molecule has 1 aliphatic rings. The van der Waals surface area contributed by atoms with E-state index in [0.717, 1.165) is 18.5 Å². The molecule has 1 saturated carbocycles. The fraction of sp³-hybridized carbons (Fsp3) is 0.571. The molecule has 1 fully saturated rings. The van der Waals surface area contributed by atoms with Gasteiger partial charge >= 0.3 is 0 Å². The maximum Gasteiger partial charge on any atom is 0.253 e. The molecule has 0 saturated heterocycles. The SMILES string of the molecule is CN(C(=O)c1ccnc(CN)c1)C1CCCCC1. The molecule has 0 spiro atoms. The van der Waals surface area contributed by atoms with Crippen LogP contribution < -0.4 is 5.73 Å². The number of hydrogen-bond donors (Lipinski definition) is 1. The Labute approximate surface area is 108 Å². The third-order valence-corrected chi connectivity index (χ3v) is 3.72. The van der Waals surface area contributed by atoms with E-state index >= 15 is 0 Å². The number of hydrogen-bond acceptors (Lipinski definition) is 3. The summed E-state index contributed by atoms with van der Waals surface area (Å²) in [5, 5.41) is 0. The first kappa shape index (κ1) is 13.0. The Balaban J connectivity index is 2.09. The number of nitrogens with zero attached hydrogens (tertiary/aromatic N) is 2. The Kier molecular flexibility index (Phi) is 4.31. The van der Waals surface area contributed by atoms with Gasteiger partial charge in [-0.15, -0.1) is 0 Å². The van der Waals surface area contributed by atoms with Crippen LogP contribution in [0.5, 0.6) is 0 Å². The van der Waals surface area contributed by atoms with E-state index in [1.54, 1.807) is 18.3 Å². The average molecular weight is 247 g/mol. The summed E-state index contributed by atoms with van der Waals surface area (Å²) in [5.41, 5.74) is 7.01. The molecule has 0 unspecified atom stereocenters. The van der Waals surface area contributed by atoms with Crippen LogP contribution in [0.2, 0.25) is 0 Å². The predicted molar refractivity (Wildman–Crippen MR) is 71.1 cm³/mol. The van der Waals surface area contributed by atoms with Crippen molar-refractivity contribution in [1.29, 1.82) is 0 Å². The molecule has 1 aromatic heterocycles. The smallest absolute Gasteiger partial charge is 0.253 e. The molecule has 18 heavy (non-hydrogen) atoms. The van der Waals surface area contributed by atoms with Crippen LogP contribution in [0.15, 0.2) is 18.3 Å². The molecule has 0 aliphatic heterocycles. The normalized spacial score (nSPS) is 16.6. The number of aromatic nitrogens is 1. The molecule has 2 N–H and O–H groups in total. The van der Waals surface area contributed by atoms with Crippen molar-refractivity contribution in [2.45, 2.75) is 44.7 Å². The maximum atomic E-state index is 12.4. The second kappa shape index (κ2) is 5.96. The van der Waals surface area contributed by atoms with Crippen LogP contribution in [0.25, 0.3) is 0 Å². The molecule has 1 aliphatic carbocycles. The number of rotatable bonds is 3. The highest BCUT2D eigenvalue weighted by Crippen LogP contribution is 2.22. The van der Waals surface area contributed by atoms with Crippen molar-refractivity contribution in [1.82, 2.24) is 9.88 Å². The molecule has 0 atom stereocenters. The lowest BCUT2D eigenvalue weighted by atomic mass is 9.94. The van der Waals surface area contributed by atoms with Gasteiger partial charge in [0.15, 0.2) is 0 Å². The minimum absolute atomic E-state index is 0.0824. The molecule has 0 bridgehead atoms. The summed E-state index contributed by atoms with van der Waals surface area (Å²) in [6, 6.07) is 3.95. The molecule has 4 nitrogen and oxygen atoms in total. The minimum atomic E-state index is 0.0824. The van der Waals surface area contributed by atoms with Crippen molar-refractivity contribution in [3.63, 3.8) is 0 Å². The van der Waals surface area contributed by atoms with Gasteiger partial charge in [0.1, 0.15) is 0 Å². The number of nitrogens with two attached hydrogens (primary N) is 1. The number of amides is 1. The summed E-state index contributed by atoms with van der Waals surface area (Å²) >= 11 is 0. The van der Waals surface area contributed by atoms with Gasteiger partial charge in [-0.1, -0.05) is 19.3 Å². The summed E-state index contributed by atoms with van der Waals surface area (Å²) in [5.74, 6) is 0.0824. The molecular weight excluding hydrogens is 226 g/mol. The van der Waals surface area contributed by atoms with Gasteiger partial charge in [-0.25, -0.2) is 0 Å². The van der Waals surface area contributed by atoms with Gasteiger partial charge in [-0.05, 0) is 25.0 Å². The molecule has 4 heteroatoms. The summed E-state index contributed by atoms with van der Waals surface area (Å²) in [7, 11) is 1.90. The number of carbonyl (C=O) groups is 1. The first-order chi connectivity index (χ1) is 8.72. The molecule has 98 valence electrons. The van der Waals surface area contributed by atoms with E-state index < -0.39 is 0 Å². The summed E-state index contributed by atoms with van der Waals surface area (Å²) in [4.78, 5) is 18.4. The molecule has 1 amide bonds. The molecule has 2 rings (SSSR count). The predicted octanol–water partition coefficient (Wildman–Crippen LogP) is 1.94. The largest absolute Gasteiger partial charge is 0.339 e. The topological polar surface area (TPSA) is 59.2 Å². The van der Waals surface area contributed by atoms with Crippen molar-refractivity contribution < 1.29 is 4.79 Å². The fourth-order valence-corrected chi connectivity index (χ4v) is 2.56. The van der Waals surface area contributed by atoms with Crippen LogP contribution in [0.3, 0.4) is 0 Å². The van der Waals surface area contributed by atoms with Gasteiger partial charge < -0.3 is 10.6 Å². The molecular formula is C14H21N3O. The van der Waals surface area contributed by atoms with Crippen molar-refractivity contribution >= 4 is 5.91 Å². The quantitative estimate of drug-likeness (QED) is 0.888. The average Bonchev–Trinajstić information content (AvgIpc) is 2.46. The molecule has 1 aromatic rings. The third kappa shape index (κ3) is 2.88. The lowest BCUT2D eigenvalue weighted by Gasteiger charge is -2.31. The monoisotopic (exact) mass is 247 g/mol. The van der Waals surface area contributed by atoms with Crippen LogP contribution in [0.1, 0.15) is 48.2 Å². The van der Waals surface area contributed by atoms with E-state index in [-0.39, 0.29) is 5.91 Å². The number of carbonyl (C=O) groups excluding carboxylic acids is 1. The van der Waals surface area contributed by atoms with Crippen LogP contribution in [0.4, 0.5) is 0 Å². The van der Waals surface area contributed by atoms with Crippen LogP contribution in [-0.4, -0.2) is 28.9 Å². The lowest BCUT2D eigenvalue weighted by Crippen LogP contribution is -2.38. The van der Waals surface area contributed by atoms with E-state index in [4.69, 9.17) is 5.73 Å². The Morgan fingerprint density at radius 3 is 2.83 bits per heavy atom. The Morgan fingerprint density at radius 2 is 2.17 bits per heavy atom. The standard InChI is InChI=1S/C14H21N3O/c1-17(13-5-3-2-4-6-13)14(18)11-7-8-16-12(9-11)10-15/h7-9,13H,2-6,10,15H2,1H3. The highest BCUT2D eigenvalue weighted by molar-refractivity contribution is 5.94.